The Bertz CT molecular complexity index is 416. The van der Waals surface area contributed by atoms with Crippen LogP contribution < -0.4 is 10.2 Å². The molecule has 1 aromatic heterocycles. The van der Waals surface area contributed by atoms with Gasteiger partial charge in [-0.15, -0.1) is 0 Å². The highest BCUT2D eigenvalue weighted by Gasteiger charge is 2.30. The Morgan fingerprint density at radius 1 is 1.37 bits per heavy atom. The Hall–Kier alpha value is -1.13. The molecule has 0 aromatic carbocycles. The zero-order chi connectivity index (χ0) is 13.1. The third-order valence-electron chi connectivity index (χ3n) is 3.87. The molecule has 104 valence electrons. The summed E-state index contributed by atoms with van der Waals surface area (Å²) in [7, 11) is 1.77. The van der Waals surface area contributed by atoms with Crippen molar-refractivity contribution < 1.29 is 4.74 Å². The number of nitrogens with zero attached hydrogens (tertiary/aromatic N) is 2. The second-order valence-corrected chi connectivity index (χ2v) is 5.58. The van der Waals surface area contributed by atoms with E-state index in [2.05, 4.69) is 21.3 Å². The third kappa shape index (κ3) is 3.45. The van der Waals surface area contributed by atoms with Gasteiger partial charge in [0.1, 0.15) is 0 Å². The van der Waals surface area contributed by atoms with E-state index < -0.39 is 0 Å². The summed E-state index contributed by atoms with van der Waals surface area (Å²) in [5.41, 5.74) is 2.65. The van der Waals surface area contributed by atoms with Crippen molar-refractivity contribution in [3.05, 3.63) is 24.0 Å². The predicted molar refractivity (Wildman–Crippen MR) is 76.3 cm³/mol. The summed E-state index contributed by atoms with van der Waals surface area (Å²) < 4.78 is 5.25. The summed E-state index contributed by atoms with van der Waals surface area (Å²) in [6.45, 7) is 2.69. The van der Waals surface area contributed by atoms with E-state index >= 15 is 0 Å². The molecule has 0 atom stereocenters. The molecule has 2 fully saturated rings. The lowest BCUT2D eigenvalue weighted by Crippen LogP contribution is -2.31. The number of pyridine rings is 1. The van der Waals surface area contributed by atoms with E-state index in [1.165, 1.54) is 36.9 Å². The van der Waals surface area contributed by atoms with Crippen molar-refractivity contribution in [2.45, 2.75) is 44.3 Å². The van der Waals surface area contributed by atoms with Gasteiger partial charge >= 0.3 is 0 Å². The molecule has 4 heteroatoms. The topological polar surface area (TPSA) is 37.4 Å². The Labute approximate surface area is 115 Å². The molecule has 3 rings (SSSR count). The van der Waals surface area contributed by atoms with Gasteiger partial charge in [0.25, 0.3) is 0 Å². The molecule has 1 N–H and O–H groups in total. The number of rotatable bonds is 8. The van der Waals surface area contributed by atoms with Gasteiger partial charge < -0.3 is 15.0 Å². The van der Waals surface area contributed by atoms with Crippen LogP contribution in [0.1, 0.15) is 31.2 Å². The molecule has 19 heavy (non-hydrogen) atoms. The molecule has 0 aliphatic heterocycles. The van der Waals surface area contributed by atoms with Crippen molar-refractivity contribution in [3.63, 3.8) is 0 Å². The zero-order valence-corrected chi connectivity index (χ0v) is 11.6. The smallest absolute Gasteiger partial charge is 0.0637 e. The normalized spacial score (nSPS) is 18.6. The van der Waals surface area contributed by atoms with Crippen LogP contribution in [0.2, 0.25) is 0 Å². The van der Waals surface area contributed by atoms with Gasteiger partial charge in [0, 0.05) is 55.9 Å². The van der Waals surface area contributed by atoms with Crippen LogP contribution in [0, 0.1) is 0 Å². The van der Waals surface area contributed by atoms with E-state index in [0.29, 0.717) is 6.04 Å². The molecule has 2 aliphatic rings. The molecule has 0 bridgehead atoms. The molecule has 0 amide bonds. The highest BCUT2D eigenvalue weighted by molar-refractivity contribution is 5.54. The van der Waals surface area contributed by atoms with Crippen molar-refractivity contribution in [1.82, 2.24) is 10.3 Å². The van der Waals surface area contributed by atoms with E-state index in [0.717, 1.165) is 25.7 Å². The second-order valence-electron chi connectivity index (χ2n) is 5.58. The molecule has 0 spiro atoms. The summed E-state index contributed by atoms with van der Waals surface area (Å²) in [4.78, 5) is 6.78. The maximum Gasteiger partial charge on any atom is 0.0637 e. The van der Waals surface area contributed by atoms with Crippen LogP contribution in [0.25, 0.3) is 0 Å². The number of aromatic nitrogens is 1. The first-order chi connectivity index (χ1) is 9.38. The lowest BCUT2D eigenvalue weighted by atomic mass is 10.2. The quantitative estimate of drug-likeness (QED) is 0.776. The Morgan fingerprint density at radius 3 is 2.89 bits per heavy atom. The lowest BCUT2D eigenvalue weighted by Gasteiger charge is -2.26. The largest absolute Gasteiger partial charge is 0.383 e. The number of anilines is 1. The fraction of sp³-hybridized carbons (Fsp3) is 0.667. The molecular formula is C15H23N3O. The highest BCUT2D eigenvalue weighted by Crippen LogP contribution is 2.33. The number of hydrogen-bond acceptors (Lipinski definition) is 4. The van der Waals surface area contributed by atoms with Crippen molar-refractivity contribution in [1.29, 1.82) is 0 Å². The number of hydrogen-bond donors (Lipinski definition) is 1. The first kappa shape index (κ1) is 12.9. The van der Waals surface area contributed by atoms with Gasteiger partial charge in [-0.2, -0.15) is 0 Å². The summed E-state index contributed by atoms with van der Waals surface area (Å²) in [6.07, 6.45) is 9.17. The maximum atomic E-state index is 5.25. The molecule has 1 heterocycles. The Balaban J connectivity index is 1.71. The van der Waals surface area contributed by atoms with Crippen molar-refractivity contribution in [2.24, 2.45) is 0 Å². The summed E-state index contributed by atoms with van der Waals surface area (Å²) in [6, 6.07) is 3.59. The van der Waals surface area contributed by atoms with E-state index in [-0.39, 0.29) is 0 Å². The lowest BCUT2D eigenvalue weighted by molar-refractivity contribution is 0.205. The molecule has 0 unspecified atom stereocenters. The second kappa shape index (κ2) is 5.88. The van der Waals surface area contributed by atoms with Crippen LogP contribution in [0.4, 0.5) is 5.69 Å². The minimum Gasteiger partial charge on any atom is -0.383 e. The van der Waals surface area contributed by atoms with Crippen LogP contribution in [-0.4, -0.2) is 37.3 Å². The van der Waals surface area contributed by atoms with E-state index in [1.807, 2.05) is 12.4 Å². The predicted octanol–water partition coefficient (Wildman–Crippen LogP) is 1.95. The van der Waals surface area contributed by atoms with E-state index in [9.17, 15) is 0 Å². The number of nitrogens with one attached hydrogen (secondary N) is 1. The monoisotopic (exact) mass is 261 g/mol. The molecule has 4 nitrogen and oxygen atoms in total. The van der Waals surface area contributed by atoms with Crippen LogP contribution in [0.3, 0.4) is 0 Å². The van der Waals surface area contributed by atoms with Gasteiger partial charge in [0.15, 0.2) is 0 Å². The first-order valence-electron chi connectivity index (χ1n) is 7.30. The van der Waals surface area contributed by atoms with Gasteiger partial charge in [-0.3, -0.25) is 4.98 Å². The van der Waals surface area contributed by atoms with Gasteiger partial charge in [-0.25, -0.2) is 0 Å². The van der Waals surface area contributed by atoms with Gasteiger partial charge in [0.2, 0.25) is 0 Å². The number of ether oxygens (including phenoxy) is 1. The van der Waals surface area contributed by atoms with Gasteiger partial charge in [0.05, 0.1) is 6.61 Å². The average molecular weight is 261 g/mol. The SMILES string of the molecule is COCCN(c1ccncc1CNC1CC1)C1CC1. The van der Waals surface area contributed by atoms with Crippen LogP contribution in [0.15, 0.2) is 18.5 Å². The summed E-state index contributed by atoms with van der Waals surface area (Å²) in [5, 5.41) is 3.59. The van der Waals surface area contributed by atoms with E-state index in [1.54, 1.807) is 7.11 Å². The molecule has 0 saturated heterocycles. The molecule has 0 radical (unpaired) electrons. The van der Waals surface area contributed by atoms with Crippen molar-refractivity contribution in [2.75, 3.05) is 25.2 Å². The van der Waals surface area contributed by atoms with Gasteiger partial charge in [-0.1, -0.05) is 0 Å². The summed E-state index contributed by atoms with van der Waals surface area (Å²) >= 11 is 0. The third-order valence-corrected chi connectivity index (χ3v) is 3.87. The maximum absolute atomic E-state index is 5.25. The molecule has 2 aliphatic carbocycles. The van der Waals surface area contributed by atoms with Crippen LogP contribution in [-0.2, 0) is 11.3 Å². The fourth-order valence-corrected chi connectivity index (χ4v) is 2.45. The minimum absolute atomic E-state index is 0.706. The fourth-order valence-electron chi connectivity index (χ4n) is 2.45. The average Bonchev–Trinajstić information content (AvgIpc) is 3.30. The first-order valence-corrected chi connectivity index (χ1v) is 7.30. The van der Waals surface area contributed by atoms with E-state index in [4.69, 9.17) is 4.74 Å². The molecular weight excluding hydrogens is 238 g/mol. The highest BCUT2D eigenvalue weighted by atomic mass is 16.5. The van der Waals surface area contributed by atoms with Crippen molar-refractivity contribution in [3.8, 4) is 0 Å². The standard InChI is InChI=1S/C15H23N3O/c1-19-9-8-18(14-4-5-14)15-6-7-16-10-12(15)11-17-13-2-3-13/h6-7,10,13-14,17H,2-5,8-9,11H2,1H3. The van der Waals surface area contributed by atoms with Crippen LogP contribution >= 0.6 is 0 Å². The molecule has 2 saturated carbocycles. The zero-order valence-electron chi connectivity index (χ0n) is 11.6. The minimum atomic E-state index is 0.706. The Morgan fingerprint density at radius 2 is 2.21 bits per heavy atom. The van der Waals surface area contributed by atoms with Crippen molar-refractivity contribution >= 4 is 5.69 Å². The van der Waals surface area contributed by atoms with Crippen LogP contribution in [0.5, 0.6) is 0 Å². The van der Waals surface area contributed by atoms with Gasteiger partial charge in [-0.05, 0) is 31.7 Å². The number of methoxy groups -OCH3 is 1. The summed E-state index contributed by atoms with van der Waals surface area (Å²) in [5.74, 6) is 0. The molecule has 1 aromatic rings. The Kier molecular flexibility index (Phi) is 3.99.